The van der Waals surface area contributed by atoms with E-state index in [4.69, 9.17) is 14.6 Å². The molecule has 1 unspecified atom stereocenters. The van der Waals surface area contributed by atoms with Gasteiger partial charge in [0.1, 0.15) is 11.4 Å². The maximum absolute atomic E-state index is 11.7. The van der Waals surface area contributed by atoms with E-state index in [2.05, 4.69) is 21.2 Å². The molecule has 150 valence electrons. The summed E-state index contributed by atoms with van der Waals surface area (Å²) in [4.78, 5) is 22.6. The van der Waals surface area contributed by atoms with Gasteiger partial charge in [-0.3, -0.25) is 0 Å². The van der Waals surface area contributed by atoms with Crippen molar-refractivity contribution >= 4 is 28.0 Å². The standard InChI is InChI=1S/C21H24BrNO5/c1-13(19(24)25)27-18-10-9-16(11-17(18)22)15-7-5-14(6-8-15)12-23-20(26)28-21(2,3)4/h5-11,13H,12H2,1-4H3,(H,23,26)(H,24,25). The van der Waals surface area contributed by atoms with E-state index in [9.17, 15) is 9.59 Å². The molecule has 2 aromatic rings. The molecular weight excluding hydrogens is 426 g/mol. The Kier molecular flexibility index (Phi) is 7.07. The minimum Gasteiger partial charge on any atom is -0.479 e. The third-order valence-electron chi connectivity index (χ3n) is 3.71. The van der Waals surface area contributed by atoms with Gasteiger partial charge in [-0.2, -0.15) is 0 Å². The zero-order valence-corrected chi connectivity index (χ0v) is 17.9. The van der Waals surface area contributed by atoms with Gasteiger partial charge in [-0.05, 0) is 72.4 Å². The molecule has 0 aliphatic rings. The van der Waals surface area contributed by atoms with Crippen LogP contribution in [0.15, 0.2) is 46.9 Å². The van der Waals surface area contributed by atoms with E-state index in [1.54, 1.807) is 6.07 Å². The molecule has 0 heterocycles. The topological polar surface area (TPSA) is 84.9 Å². The molecule has 2 N–H and O–H groups in total. The highest BCUT2D eigenvalue weighted by Crippen LogP contribution is 2.31. The van der Waals surface area contributed by atoms with Crippen molar-refractivity contribution in [2.75, 3.05) is 0 Å². The number of carboxylic acids is 1. The van der Waals surface area contributed by atoms with Gasteiger partial charge in [-0.15, -0.1) is 0 Å². The summed E-state index contributed by atoms with van der Waals surface area (Å²) in [5, 5.41) is 11.7. The molecule has 0 saturated heterocycles. The van der Waals surface area contributed by atoms with Crippen LogP contribution in [0.1, 0.15) is 33.3 Å². The average Bonchev–Trinajstić information content (AvgIpc) is 2.60. The lowest BCUT2D eigenvalue weighted by molar-refractivity contribution is -0.144. The normalized spacial score (nSPS) is 12.2. The summed E-state index contributed by atoms with van der Waals surface area (Å²) >= 11 is 3.42. The van der Waals surface area contributed by atoms with Crippen molar-refractivity contribution < 1.29 is 24.2 Å². The van der Waals surface area contributed by atoms with Crippen LogP contribution in [0.2, 0.25) is 0 Å². The van der Waals surface area contributed by atoms with E-state index in [1.807, 2.05) is 57.2 Å². The van der Waals surface area contributed by atoms with Crippen LogP contribution in [0.5, 0.6) is 5.75 Å². The van der Waals surface area contributed by atoms with E-state index < -0.39 is 23.8 Å². The van der Waals surface area contributed by atoms with Crippen LogP contribution in [-0.2, 0) is 16.1 Å². The summed E-state index contributed by atoms with van der Waals surface area (Å²) < 4.78 is 11.3. The first kappa shape index (κ1) is 21.8. The van der Waals surface area contributed by atoms with Crippen molar-refractivity contribution in [2.45, 2.75) is 45.9 Å². The average molecular weight is 450 g/mol. The molecule has 0 aliphatic heterocycles. The maximum atomic E-state index is 11.7. The van der Waals surface area contributed by atoms with Gasteiger partial charge in [-0.25, -0.2) is 9.59 Å². The first-order valence-corrected chi connectivity index (χ1v) is 9.59. The molecule has 0 spiro atoms. The zero-order chi connectivity index (χ0) is 20.9. The molecule has 0 radical (unpaired) electrons. The lowest BCUT2D eigenvalue weighted by atomic mass is 10.0. The maximum Gasteiger partial charge on any atom is 0.407 e. The second-order valence-electron chi connectivity index (χ2n) is 7.30. The largest absolute Gasteiger partial charge is 0.479 e. The molecule has 2 aromatic carbocycles. The number of aliphatic carboxylic acids is 1. The third kappa shape index (κ3) is 6.56. The summed E-state index contributed by atoms with van der Waals surface area (Å²) in [6.45, 7) is 7.31. The Morgan fingerprint density at radius 2 is 1.71 bits per heavy atom. The molecule has 1 atom stereocenters. The Bertz CT molecular complexity index is 843. The fraction of sp³-hybridized carbons (Fsp3) is 0.333. The Hall–Kier alpha value is -2.54. The van der Waals surface area contributed by atoms with Crippen LogP contribution in [0.25, 0.3) is 11.1 Å². The molecule has 28 heavy (non-hydrogen) atoms. The van der Waals surface area contributed by atoms with E-state index in [0.717, 1.165) is 16.7 Å². The van der Waals surface area contributed by atoms with Crippen molar-refractivity contribution in [3.8, 4) is 16.9 Å². The predicted molar refractivity (Wildman–Crippen MR) is 110 cm³/mol. The number of carbonyl (C=O) groups is 2. The van der Waals surface area contributed by atoms with Gasteiger partial charge in [0.15, 0.2) is 6.10 Å². The van der Waals surface area contributed by atoms with Crippen LogP contribution in [0, 0.1) is 0 Å². The number of carboxylic acid groups (broad SMARTS) is 1. The second kappa shape index (κ2) is 9.10. The Labute approximate surface area is 173 Å². The zero-order valence-electron chi connectivity index (χ0n) is 16.3. The number of benzene rings is 2. The molecule has 6 nitrogen and oxygen atoms in total. The highest BCUT2D eigenvalue weighted by Gasteiger charge is 2.16. The van der Waals surface area contributed by atoms with Gasteiger partial charge in [0, 0.05) is 6.54 Å². The van der Waals surface area contributed by atoms with E-state index in [0.29, 0.717) is 16.8 Å². The number of amides is 1. The number of ether oxygens (including phenoxy) is 2. The Balaban J connectivity index is 2.02. The molecular formula is C21H24BrNO5. The summed E-state index contributed by atoms with van der Waals surface area (Å²) in [6, 6.07) is 13.2. The van der Waals surface area contributed by atoms with Crippen LogP contribution in [0.4, 0.5) is 4.79 Å². The predicted octanol–water partition coefficient (Wildman–Crippen LogP) is 4.99. The second-order valence-corrected chi connectivity index (χ2v) is 8.15. The summed E-state index contributed by atoms with van der Waals surface area (Å²) in [5.41, 5.74) is 2.36. The smallest absolute Gasteiger partial charge is 0.407 e. The fourth-order valence-corrected chi connectivity index (χ4v) is 2.79. The summed E-state index contributed by atoms with van der Waals surface area (Å²) in [7, 11) is 0. The van der Waals surface area contributed by atoms with Gasteiger partial charge in [0.05, 0.1) is 4.47 Å². The van der Waals surface area contributed by atoms with Crippen molar-refractivity contribution in [2.24, 2.45) is 0 Å². The number of hydrogen-bond donors (Lipinski definition) is 2. The first-order chi connectivity index (χ1) is 13.0. The van der Waals surface area contributed by atoms with E-state index in [1.165, 1.54) is 6.92 Å². The van der Waals surface area contributed by atoms with Gasteiger partial charge < -0.3 is 19.9 Å². The molecule has 0 fully saturated rings. The van der Waals surface area contributed by atoms with Crippen molar-refractivity contribution in [3.05, 3.63) is 52.5 Å². The van der Waals surface area contributed by atoms with Crippen molar-refractivity contribution in [1.29, 1.82) is 0 Å². The van der Waals surface area contributed by atoms with Crippen LogP contribution >= 0.6 is 15.9 Å². The molecule has 0 aliphatic carbocycles. The van der Waals surface area contributed by atoms with Crippen LogP contribution < -0.4 is 10.1 Å². The summed E-state index contributed by atoms with van der Waals surface area (Å²) in [5.74, 6) is -0.552. The number of halogens is 1. The number of nitrogens with one attached hydrogen (secondary N) is 1. The van der Waals surface area contributed by atoms with Gasteiger partial charge in [-0.1, -0.05) is 30.3 Å². The lowest BCUT2D eigenvalue weighted by Crippen LogP contribution is -2.32. The first-order valence-electron chi connectivity index (χ1n) is 8.80. The third-order valence-corrected chi connectivity index (χ3v) is 4.33. The Morgan fingerprint density at radius 1 is 1.11 bits per heavy atom. The monoisotopic (exact) mass is 449 g/mol. The highest BCUT2D eigenvalue weighted by molar-refractivity contribution is 9.10. The molecule has 2 rings (SSSR count). The molecule has 0 saturated carbocycles. The van der Waals surface area contributed by atoms with Crippen LogP contribution in [-0.4, -0.2) is 28.9 Å². The number of hydrogen-bond acceptors (Lipinski definition) is 4. The van der Waals surface area contributed by atoms with Crippen molar-refractivity contribution in [1.82, 2.24) is 5.32 Å². The fourth-order valence-electron chi connectivity index (χ4n) is 2.32. The molecule has 7 heteroatoms. The van der Waals surface area contributed by atoms with Crippen molar-refractivity contribution in [3.63, 3.8) is 0 Å². The van der Waals surface area contributed by atoms with Crippen LogP contribution in [0.3, 0.4) is 0 Å². The van der Waals surface area contributed by atoms with Gasteiger partial charge in [0.25, 0.3) is 0 Å². The Morgan fingerprint density at radius 3 is 2.25 bits per heavy atom. The van der Waals surface area contributed by atoms with Gasteiger partial charge >= 0.3 is 12.1 Å². The molecule has 1 amide bonds. The quantitative estimate of drug-likeness (QED) is 0.648. The summed E-state index contributed by atoms with van der Waals surface area (Å²) in [6.07, 6.45) is -1.38. The number of carbonyl (C=O) groups excluding carboxylic acids is 1. The minimum absolute atomic E-state index is 0.374. The lowest BCUT2D eigenvalue weighted by Gasteiger charge is -2.19. The highest BCUT2D eigenvalue weighted by atomic mass is 79.9. The molecule has 0 aromatic heterocycles. The number of rotatable bonds is 6. The molecule has 0 bridgehead atoms. The SMILES string of the molecule is CC(Oc1ccc(-c2ccc(CNC(=O)OC(C)(C)C)cc2)cc1Br)C(=O)O. The minimum atomic E-state index is -1.02. The van der Waals surface area contributed by atoms with E-state index in [-0.39, 0.29) is 0 Å². The number of alkyl carbamates (subject to hydrolysis) is 1. The van der Waals surface area contributed by atoms with E-state index >= 15 is 0 Å². The van der Waals surface area contributed by atoms with Gasteiger partial charge in [0.2, 0.25) is 0 Å².